The van der Waals surface area contributed by atoms with E-state index in [-0.39, 0.29) is 31.1 Å². The minimum absolute atomic E-state index is 0.0641. The van der Waals surface area contributed by atoms with Gasteiger partial charge in [-0.1, -0.05) is 220 Å². The Morgan fingerprint density at radius 2 is 0.660 bits per heavy atom. The van der Waals surface area contributed by atoms with Crippen molar-refractivity contribution in [1.82, 2.24) is 0 Å². The highest BCUT2D eigenvalue weighted by atomic mass is 16.6. The van der Waals surface area contributed by atoms with Crippen LogP contribution >= 0.6 is 0 Å². The van der Waals surface area contributed by atoms with E-state index in [0.29, 0.717) is 19.3 Å². The largest absolute Gasteiger partial charge is 0.462 e. The molecule has 0 spiro atoms. The molecule has 0 radical (unpaired) electrons. The molecule has 1 unspecified atom stereocenters. The summed E-state index contributed by atoms with van der Waals surface area (Å²) in [6, 6.07) is 0. The van der Waals surface area contributed by atoms with Crippen LogP contribution in [0.2, 0.25) is 0 Å². The fourth-order valence-corrected chi connectivity index (χ4v) is 6.95. The lowest BCUT2D eigenvalue weighted by Gasteiger charge is -2.18. The first kappa shape index (κ1) is 51.4. The number of unbranched alkanes of at least 4 members (excludes halogenated alkanes) is 28. The molecule has 314 valence electrons. The monoisotopic (exact) mass is 751 g/mol. The van der Waals surface area contributed by atoms with Crippen molar-refractivity contribution in [2.24, 2.45) is 5.92 Å². The molecule has 0 heterocycles. The molecule has 0 amide bonds. The molecule has 0 fully saturated rings. The minimum atomic E-state index is -0.757. The molecule has 0 aliphatic carbocycles. The van der Waals surface area contributed by atoms with Crippen LogP contribution in [0.1, 0.15) is 259 Å². The second-order valence-electron chi connectivity index (χ2n) is 16.3. The molecule has 0 aromatic rings. The van der Waals surface area contributed by atoms with Gasteiger partial charge in [-0.25, -0.2) is 0 Å². The highest BCUT2D eigenvalue weighted by molar-refractivity contribution is 5.71. The van der Waals surface area contributed by atoms with Gasteiger partial charge in [-0.3, -0.25) is 14.4 Å². The van der Waals surface area contributed by atoms with E-state index >= 15 is 0 Å². The molecule has 0 aliphatic rings. The van der Waals surface area contributed by atoms with Crippen LogP contribution in [0.15, 0.2) is 0 Å². The third-order valence-corrected chi connectivity index (χ3v) is 10.9. The number of ether oxygens (including phenoxy) is 3. The molecule has 0 N–H and O–H groups in total. The Kier molecular flexibility index (Phi) is 40.3. The Morgan fingerprint density at radius 1 is 0.377 bits per heavy atom. The van der Waals surface area contributed by atoms with E-state index in [2.05, 4.69) is 27.7 Å². The maximum absolute atomic E-state index is 12.6. The first-order valence-electron chi connectivity index (χ1n) is 23.4. The normalized spacial score (nSPS) is 12.5. The molecular formula is C47H90O6. The van der Waals surface area contributed by atoms with E-state index in [9.17, 15) is 14.4 Å². The van der Waals surface area contributed by atoms with Crippen LogP contribution in [0, 0.1) is 5.92 Å². The van der Waals surface area contributed by atoms with E-state index < -0.39 is 6.10 Å². The highest BCUT2D eigenvalue weighted by Crippen LogP contribution is 2.17. The summed E-state index contributed by atoms with van der Waals surface area (Å²) in [6.45, 7) is 8.99. The van der Waals surface area contributed by atoms with Crippen LogP contribution < -0.4 is 0 Å². The lowest BCUT2D eigenvalue weighted by molar-refractivity contribution is -0.167. The van der Waals surface area contributed by atoms with Crippen LogP contribution in [0.5, 0.6) is 0 Å². The van der Waals surface area contributed by atoms with Gasteiger partial charge < -0.3 is 14.2 Å². The number of carbonyl (C=O) groups is 3. The van der Waals surface area contributed by atoms with Crippen molar-refractivity contribution >= 4 is 17.9 Å². The summed E-state index contributed by atoms with van der Waals surface area (Å²) in [6.07, 6.45) is 40.9. The standard InChI is InChI=1S/C47H90O6/c1-5-8-10-12-14-15-23-27-30-34-38-45(48)51-41-44(53-47(50)40-36-32-25-13-11-9-6-2)42-52-46(49)39-35-31-28-24-21-19-17-16-18-20-22-26-29-33-37-43(4)7-3/h43-44H,5-42H2,1-4H3/t43?,44-/m1/s1. The van der Waals surface area contributed by atoms with Crippen LogP contribution in [0.4, 0.5) is 0 Å². The fraction of sp³-hybridized carbons (Fsp3) is 0.936. The molecule has 0 saturated carbocycles. The third kappa shape index (κ3) is 39.9. The van der Waals surface area contributed by atoms with Gasteiger partial charge in [0.15, 0.2) is 6.10 Å². The Bertz CT molecular complexity index is 798. The zero-order valence-corrected chi connectivity index (χ0v) is 36.0. The van der Waals surface area contributed by atoms with Gasteiger partial charge in [0.1, 0.15) is 13.2 Å². The van der Waals surface area contributed by atoms with E-state index in [1.807, 2.05) is 0 Å². The molecular weight excluding hydrogens is 661 g/mol. The van der Waals surface area contributed by atoms with Crippen LogP contribution in [0.25, 0.3) is 0 Å². The van der Waals surface area contributed by atoms with Crippen molar-refractivity contribution in [3.63, 3.8) is 0 Å². The van der Waals surface area contributed by atoms with Crippen molar-refractivity contribution in [2.45, 2.75) is 265 Å². The molecule has 0 rings (SSSR count). The molecule has 0 saturated heterocycles. The van der Waals surface area contributed by atoms with Gasteiger partial charge >= 0.3 is 17.9 Å². The number of hydrogen-bond acceptors (Lipinski definition) is 6. The first-order chi connectivity index (χ1) is 25.9. The predicted octanol–water partition coefficient (Wildman–Crippen LogP) is 14.7. The number of rotatable bonds is 42. The van der Waals surface area contributed by atoms with Gasteiger partial charge in [-0.15, -0.1) is 0 Å². The molecule has 6 heteroatoms. The van der Waals surface area contributed by atoms with Crippen molar-refractivity contribution in [1.29, 1.82) is 0 Å². The molecule has 0 bridgehead atoms. The molecule has 0 aliphatic heterocycles. The summed E-state index contributed by atoms with van der Waals surface area (Å²) in [5.41, 5.74) is 0. The van der Waals surface area contributed by atoms with Gasteiger partial charge in [0.25, 0.3) is 0 Å². The van der Waals surface area contributed by atoms with E-state index in [1.54, 1.807) is 0 Å². The first-order valence-corrected chi connectivity index (χ1v) is 23.4. The quantitative estimate of drug-likeness (QED) is 0.0351. The average Bonchev–Trinajstić information content (AvgIpc) is 3.15. The Hall–Kier alpha value is -1.59. The zero-order valence-electron chi connectivity index (χ0n) is 36.0. The molecule has 6 nitrogen and oxygen atoms in total. The van der Waals surface area contributed by atoms with Gasteiger partial charge in [0, 0.05) is 19.3 Å². The Balaban J connectivity index is 4.16. The second kappa shape index (κ2) is 41.6. The van der Waals surface area contributed by atoms with Crippen molar-refractivity contribution in [3.05, 3.63) is 0 Å². The van der Waals surface area contributed by atoms with Crippen molar-refractivity contribution in [3.8, 4) is 0 Å². The van der Waals surface area contributed by atoms with Crippen LogP contribution in [0.3, 0.4) is 0 Å². The number of esters is 3. The Morgan fingerprint density at radius 3 is 0.981 bits per heavy atom. The summed E-state index contributed by atoms with van der Waals surface area (Å²) < 4.78 is 16.7. The molecule has 0 aromatic heterocycles. The summed E-state index contributed by atoms with van der Waals surface area (Å²) in [7, 11) is 0. The topological polar surface area (TPSA) is 78.9 Å². The molecule has 2 atom stereocenters. The third-order valence-electron chi connectivity index (χ3n) is 10.9. The molecule has 53 heavy (non-hydrogen) atoms. The minimum Gasteiger partial charge on any atom is -0.462 e. The predicted molar refractivity (Wildman–Crippen MR) is 224 cm³/mol. The van der Waals surface area contributed by atoms with Gasteiger partial charge in [-0.05, 0) is 25.2 Å². The van der Waals surface area contributed by atoms with Crippen LogP contribution in [-0.2, 0) is 28.6 Å². The van der Waals surface area contributed by atoms with Gasteiger partial charge in [-0.2, -0.15) is 0 Å². The smallest absolute Gasteiger partial charge is 0.306 e. The summed E-state index contributed by atoms with van der Waals surface area (Å²) >= 11 is 0. The average molecular weight is 751 g/mol. The van der Waals surface area contributed by atoms with E-state index in [4.69, 9.17) is 14.2 Å². The van der Waals surface area contributed by atoms with Gasteiger partial charge in [0.05, 0.1) is 0 Å². The lowest BCUT2D eigenvalue weighted by atomic mass is 9.99. The lowest BCUT2D eigenvalue weighted by Crippen LogP contribution is -2.30. The van der Waals surface area contributed by atoms with Crippen molar-refractivity contribution in [2.75, 3.05) is 13.2 Å². The maximum Gasteiger partial charge on any atom is 0.306 e. The van der Waals surface area contributed by atoms with E-state index in [0.717, 1.165) is 63.7 Å². The highest BCUT2D eigenvalue weighted by Gasteiger charge is 2.19. The summed E-state index contributed by atoms with van der Waals surface area (Å²) in [4.78, 5) is 37.6. The maximum atomic E-state index is 12.6. The fourth-order valence-electron chi connectivity index (χ4n) is 6.95. The number of hydrogen-bond donors (Lipinski definition) is 0. The van der Waals surface area contributed by atoms with Crippen LogP contribution in [-0.4, -0.2) is 37.2 Å². The second-order valence-corrected chi connectivity index (χ2v) is 16.3. The SMILES string of the molecule is CCCCCCCCCCCCC(=O)OC[C@H](COC(=O)CCCCCCCCCCCCCCCCC(C)CC)OC(=O)CCCCCCCCC. The van der Waals surface area contributed by atoms with Crippen molar-refractivity contribution < 1.29 is 28.6 Å². The zero-order chi connectivity index (χ0) is 38.9. The summed E-state index contributed by atoms with van der Waals surface area (Å²) in [5.74, 6) is 0.0354. The number of carbonyl (C=O) groups excluding carboxylic acids is 3. The van der Waals surface area contributed by atoms with E-state index in [1.165, 1.54) is 154 Å². The Labute approximate surface area is 329 Å². The summed E-state index contributed by atoms with van der Waals surface area (Å²) in [5, 5.41) is 0. The van der Waals surface area contributed by atoms with Gasteiger partial charge in [0.2, 0.25) is 0 Å². The molecule has 0 aromatic carbocycles.